The topological polar surface area (TPSA) is 47.6 Å². The lowest BCUT2D eigenvalue weighted by Gasteiger charge is -2.21. The summed E-state index contributed by atoms with van der Waals surface area (Å²) >= 11 is 1.63. The maximum absolute atomic E-state index is 11.9. The Morgan fingerprint density at radius 2 is 2.20 bits per heavy atom. The van der Waals surface area contributed by atoms with Gasteiger partial charge in [-0.2, -0.15) is 0 Å². The Morgan fingerprint density at radius 3 is 3.00 bits per heavy atom. The van der Waals surface area contributed by atoms with Gasteiger partial charge in [-0.1, -0.05) is 12.1 Å². The van der Waals surface area contributed by atoms with Gasteiger partial charge in [-0.05, 0) is 25.8 Å². The van der Waals surface area contributed by atoms with Gasteiger partial charge in [0, 0.05) is 17.4 Å². The van der Waals surface area contributed by atoms with Gasteiger partial charge in [0.15, 0.2) is 11.5 Å². The fourth-order valence-corrected chi connectivity index (χ4v) is 2.96. The monoisotopic (exact) mass is 293 g/mol. The van der Waals surface area contributed by atoms with Crippen molar-refractivity contribution in [3.05, 3.63) is 23.8 Å². The minimum absolute atomic E-state index is 0.0454. The van der Waals surface area contributed by atoms with Gasteiger partial charge in [0.1, 0.15) is 13.2 Å². The lowest BCUT2D eigenvalue weighted by Crippen LogP contribution is -2.32. The number of thioether (sulfide) groups is 1. The minimum atomic E-state index is -0.0454. The number of carbonyl (C=O) groups excluding carboxylic acids is 1. The van der Waals surface area contributed by atoms with E-state index in [0.717, 1.165) is 35.7 Å². The first kappa shape index (κ1) is 13.6. The number of benzene rings is 1. The highest BCUT2D eigenvalue weighted by atomic mass is 32.2. The summed E-state index contributed by atoms with van der Waals surface area (Å²) in [7, 11) is 0. The second-order valence-corrected chi connectivity index (χ2v) is 6.51. The number of para-hydroxylation sites is 1. The molecule has 0 unspecified atom stereocenters. The summed E-state index contributed by atoms with van der Waals surface area (Å²) in [4.78, 5) is 11.9. The van der Waals surface area contributed by atoms with Crippen LogP contribution in [0, 0.1) is 0 Å². The van der Waals surface area contributed by atoms with E-state index in [9.17, 15) is 4.79 Å². The minimum Gasteiger partial charge on any atom is -0.486 e. The molecule has 2 aliphatic rings. The first-order valence-electron chi connectivity index (χ1n) is 7.03. The zero-order chi connectivity index (χ0) is 13.9. The van der Waals surface area contributed by atoms with E-state index >= 15 is 0 Å². The molecule has 1 saturated carbocycles. The molecule has 4 nitrogen and oxygen atoms in total. The number of hydrogen-bond acceptors (Lipinski definition) is 4. The Kier molecular flexibility index (Phi) is 4.05. The maximum Gasteiger partial charge on any atom is 0.233 e. The summed E-state index contributed by atoms with van der Waals surface area (Å²) in [6.45, 7) is 3.14. The van der Waals surface area contributed by atoms with E-state index in [1.807, 2.05) is 25.1 Å². The third-order valence-electron chi connectivity index (χ3n) is 3.43. The molecule has 20 heavy (non-hydrogen) atoms. The Balaban J connectivity index is 1.58. The van der Waals surface area contributed by atoms with Gasteiger partial charge in [-0.15, -0.1) is 11.8 Å². The van der Waals surface area contributed by atoms with E-state index in [2.05, 4.69) is 5.32 Å². The van der Waals surface area contributed by atoms with Gasteiger partial charge in [0.05, 0.1) is 5.25 Å². The normalized spacial score (nSPS) is 18.4. The highest BCUT2D eigenvalue weighted by Crippen LogP contribution is 2.36. The molecule has 1 aromatic rings. The number of nitrogens with one attached hydrogen (secondary N) is 1. The van der Waals surface area contributed by atoms with Crippen molar-refractivity contribution in [1.82, 2.24) is 5.32 Å². The smallest absolute Gasteiger partial charge is 0.233 e. The third kappa shape index (κ3) is 3.20. The van der Waals surface area contributed by atoms with Crippen molar-refractivity contribution in [1.29, 1.82) is 0 Å². The molecule has 0 saturated heterocycles. The third-order valence-corrected chi connectivity index (χ3v) is 4.62. The van der Waals surface area contributed by atoms with E-state index in [1.54, 1.807) is 11.8 Å². The first-order valence-corrected chi connectivity index (χ1v) is 8.08. The first-order chi connectivity index (χ1) is 9.74. The van der Waals surface area contributed by atoms with Crippen LogP contribution in [0.25, 0.3) is 0 Å². The molecular formula is C15H19NO3S. The van der Waals surface area contributed by atoms with Gasteiger partial charge in [-0.25, -0.2) is 0 Å². The zero-order valence-electron chi connectivity index (χ0n) is 11.6. The number of amides is 1. The molecule has 0 aromatic heterocycles. The van der Waals surface area contributed by atoms with Gasteiger partial charge >= 0.3 is 0 Å². The maximum atomic E-state index is 11.9. The van der Waals surface area contributed by atoms with Crippen LogP contribution in [0.1, 0.15) is 25.3 Å². The molecule has 5 heteroatoms. The quantitative estimate of drug-likeness (QED) is 0.905. The lowest BCUT2D eigenvalue weighted by atomic mass is 10.2. The van der Waals surface area contributed by atoms with E-state index in [1.165, 1.54) is 0 Å². The van der Waals surface area contributed by atoms with Crippen molar-refractivity contribution in [2.45, 2.75) is 36.8 Å². The van der Waals surface area contributed by atoms with Crippen LogP contribution in [0.3, 0.4) is 0 Å². The van der Waals surface area contributed by atoms with Gasteiger partial charge in [-0.3, -0.25) is 4.79 Å². The molecule has 1 amide bonds. The van der Waals surface area contributed by atoms with E-state index < -0.39 is 0 Å². The largest absolute Gasteiger partial charge is 0.486 e. The van der Waals surface area contributed by atoms with Crippen molar-refractivity contribution in [3.63, 3.8) is 0 Å². The van der Waals surface area contributed by atoms with Crippen LogP contribution in [0.2, 0.25) is 0 Å². The predicted octanol–water partition coefficient (Wildman–Crippen LogP) is 2.36. The van der Waals surface area contributed by atoms with Gasteiger partial charge in [0.2, 0.25) is 5.91 Å². The van der Waals surface area contributed by atoms with Crippen molar-refractivity contribution in [3.8, 4) is 11.5 Å². The molecule has 1 fully saturated rings. The Bertz CT molecular complexity index is 502. The van der Waals surface area contributed by atoms with Crippen LogP contribution in [0.15, 0.2) is 18.2 Å². The Labute approximate surface area is 123 Å². The molecule has 1 heterocycles. The van der Waals surface area contributed by atoms with Crippen LogP contribution in [0.5, 0.6) is 11.5 Å². The second-order valence-electron chi connectivity index (χ2n) is 5.18. The van der Waals surface area contributed by atoms with Crippen LogP contribution < -0.4 is 14.8 Å². The molecule has 0 spiro atoms. The zero-order valence-corrected chi connectivity index (χ0v) is 12.4. The Morgan fingerprint density at radius 1 is 1.40 bits per heavy atom. The molecule has 3 rings (SSSR count). The van der Waals surface area contributed by atoms with E-state index in [0.29, 0.717) is 19.3 Å². The molecular weight excluding hydrogens is 274 g/mol. The molecule has 0 bridgehead atoms. The molecule has 1 aliphatic heterocycles. The van der Waals surface area contributed by atoms with Crippen LogP contribution in [0.4, 0.5) is 0 Å². The predicted molar refractivity (Wildman–Crippen MR) is 79.4 cm³/mol. The van der Waals surface area contributed by atoms with Crippen LogP contribution in [-0.4, -0.2) is 30.4 Å². The van der Waals surface area contributed by atoms with Crippen LogP contribution >= 0.6 is 11.8 Å². The number of hydrogen-bond donors (Lipinski definition) is 1. The highest BCUT2D eigenvalue weighted by Gasteiger charge is 2.26. The summed E-state index contributed by atoms with van der Waals surface area (Å²) in [5, 5.41) is 2.99. The van der Waals surface area contributed by atoms with Crippen molar-refractivity contribution in [2.24, 2.45) is 0 Å². The molecule has 1 atom stereocenters. The van der Waals surface area contributed by atoms with Gasteiger partial charge in [0.25, 0.3) is 0 Å². The molecule has 1 aromatic carbocycles. The summed E-state index contributed by atoms with van der Waals surface area (Å²) in [6.07, 6.45) is 2.25. The average molecular weight is 293 g/mol. The summed E-state index contributed by atoms with van der Waals surface area (Å²) < 4.78 is 11.2. The lowest BCUT2D eigenvalue weighted by molar-refractivity contribution is -0.120. The molecule has 0 radical (unpaired) electrons. The molecule has 1 N–H and O–H groups in total. The molecule has 1 aliphatic carbocycles. The Hall–Kier alpha value is -1.36. The fraction of sp³-hybridized carbons (Fsp3) is 0.533. The van der Waals surface area contributed by atoms with Crippen molar-refractivity contribution in [2.75, 3.05) is 13.2 Å². The number of ether oxygens (including phenoxy) is 2. The number of carbonyl (C=O) groups is 1. The summed E-state index contributed by atoms with van der Waals surface area (Å²) in [5.74, 6) is 2.54. The second kappa shape index (κ2) is 5.95. The standard InChI is InChI=1S/C15H19NO3S/c1-10(15(17)16-12-5-6-12)20-9-11-3-2-4-13-14(11)19-8-7-18-13/h2-4,10,12H,5-9H2,1H3,(H,16,17)/t10-/m1/s1. The van der Waals surface area contributed by atoms with E-state index in [4.69, 9.17) is 9.47 Å². The summed E-state index contributed by atoms with van der Waals surface area (Å²) in [6, 6.07) is 6.35. The van der Waals surface area contributed by atoms with E-state index in [-0.39, 0.29) is 11.2 Å². The van der Waals surface area contributed by atoms with Crippen LogP contribution in [-0.2, 0) is 10.5 Å². The number of rotatable bonds is 5. The summed E-state index contributed by atoms with van der Waals surface area (Å²) in [5.41, 5.74) is 1.10. The highest BCUT2D eigenvalue weighted by molar-refractivity contribution is 7.99. The number of fused-ring (bicyclic) bond motifs is 1. The van der Waals surface area contributed by atoms with Crippen molar-refractivity contribution >= 4 is 17.7 Å². The fourth-order valence-electron chi connectivity index (χ4n) is 2.08. The SMILES string of the molecule is C[C@@H](SCc1cccc2c1OCCO2)C(=O)NC1CC1. The average Bonchev–Trinajstić information content (AvgIpc) is 3.28. The van der Waals surface area contributed by atoms with Gasteiger partial charge < -0.3 is 14.8 Å². The van der Waals surface area contributed by atoms with Crippen molar-refractivity contribution < 1.29 is 14.3 Å². The molecule has 108 valence electrons.